The highest BCUT2D eigenvalue weighted by Gasteiger charge is 2.15. The molecule has 0 aliphatic rings. The highest BCUT2D eigenvalue weighted by atomic mass is 16.5. The number of aromatic nitrogens is 1. The van der Waals surface area contributed by atoms with Crippen LogP contribution in [0.4, 0.5) is 0 Å². The molecule has 1 aromatic heterocycles. The van der Waals surface area contributed by atoms with E-state index in [1.54, 1.807) is 66.7 Å². The molecule has 176 valence electrons. The maximum Gasteiger partial charge on any atom is 0.338 e. The van der Waals surface area contributed by atoms with Gasteiger partial charge in [0.2, 0.25) is 0 Å². The molecular formula is C30H21NO5. The van der Waals surface area contributed by atoms with Crippen LogP contribution in [0.2, 0.25) is 0 Å². The van der Waals surface area contributed by atoms with E-state index in [0.29, 0.717) is 27.1 Å². The normalized spacial score (nSPS) is 10.9. The number of fused-ring (bicyclic) bond motifs is 3. The maximum absolute atomic E-state index is 13.5. The lowest BCUT2D eigenvalue weighted by atomic mass is 10.1. The second kappa shape index (κ2) is 9.43. The molecule has 0 fully saturated rings. The van der Waals surface area contributed by atoms with E-state index in [9.17, 15) is 19.2 Å². The van der Waals surface area contributed by atoms with Crippen LogP contribution in [0.3, 0.4) is 0 Å². The average molecular weight is 476 g/mol. The number of rotatable bonds is 5. The van der Waals surface area contributed by atoms with Gasteiger partial charge in [0, 0.05) is 16.3 Å². The molecule has 5 aromatic rings. The lowest BCUT2D eigenvalue weighted by Crippen LogP contribution is -2.28. The molecular weight excluding hydrogens is 454 g/mol. The van der Waals surface area contributed by atoms with Crippen molar-refractivity contribution in [2.45, 2.75) is 13.5 Å². The second-order valence-electron chi connectivity index (χ2n) is 8.42. The Hall–Kier alpha value is -4.84. The summed E-state index contributed by atoms with van der Waals surface area (Å²) in [5, 5.41) is 2.16. The Morgan fingerprint density at radius 2 is 1.22 bits per heavy atom. The lowest BCUT2D eigenvalue weighted by Gasteiger charge is -2.08. The van der Waals surface area contributed by atoms with Gasteiger partial charge in [-0.3, -0.25) is 14.4 Å². The standard InChI is InChI=1S/C30H21NO5/c1-19(32)21-15-13-20(14-16-21)18-36-30(35)22-7-6-8-23(17-22)31-28(33)26-11-4-2-9-24(26)25-10-3-5-12-27(25)29(31)34/h2-17H,18H2,1H3. The Morgan fingerprint density at radius 3 is 1.78 bits per heavy atom. The van der Waals surface area contributed by atoms with Crippen LogP contribution in [0.25, 0.3) is 27.2 Å². The number of ketones is 1. The average Bonchev–Trinajstić information content (AvgIpc) is 3.00. The smallest absolute Gasteiger partial charge is 0.338 e. The number of ether oxygens (including phenoxy) is 1. The third-order valence-corrected chi connectivity index (χ3v) is 6.08. The summed E-state index contributed by atoms with van der Waals surface area (Å²) in [5.41, 5.74) is 0.852. The minimum atomic E-state index is -0.594. The SMILES string of the molecule is CC(=O)c1ccc(COC(=O)c2cccc(-n3c(=O)c4ccccc4c4ccccc4c3=O)c2)cc1. The summed E-state index contributed by atoms with van der Waals surface area (Å²) in [6, 6.07) is 27.3. The van der Waals surface area contributed by atoms with Gasteiger partial charge in [-0.15, -0.1) is 0 Å². The summed E-state index contributed by atoms with van der Waals surface area (Å²) in [7, 11) is 0. The molecule has 0 aliphatic carbocycles. The summed E-state index contributed by atoms with van der Waals surface area (Å²) in [6.45, 7) is 1.50. The van der Waals surface area contributed by atoms with Crippen LogP contribution in [0.15, 0.2) is 107 Å². The van der Waals surface area contributed by atoms with Crippen molar-refractivity contribution in [2.24, 2.45) is 0 Å². The fourth-order valence-corrected chi connectivity index (χ4v) is 4.22. The van der Waals surface area contributed by atoms with E-state index in [1.165, 1.54) is 13.0 Å². The predicted molar refractivity (Wildman–Crippen MR) is 139 cm³/mol. The molecule has 0 saturated heterocycles. The molecule has 6 heteroatoms. The van der Waals surface area contributed by atoms with E-state index in [0.717, 1.165) is 10.1 Å². The predicted octanol–water partition coefficient (Wildman–Crippen LogP) is 5.06. The van der Waals surface area contributed by atoms with Gasteiger partial charge in [0.05, 0.1) is 11.3 Å². The summed E-state index contributed by atoms with van der Waals surface area (Å²) in [5.74, 6) is -0.638. The Bertz CT molecular complexity index is 1700. The number of benzene rings is 4. The number of hydrogen-bond acceptors (Lipinski definition) is 5. The van der Waals surface area contributed by atoms with Crippen LogP contribution >= 0.6 is 0 Å². The minimum Gasteiger partial charge on any atom is -0.457 e. The van der Waals surface area contributed by atoms with Gasteiger partial charge in [0.25, 0.3) is 11.1 Å². The number of hydrogen-bond donors (Lipinski definition) is 0. The van der Waals surface area contributed by atoms with Crippen LogP contribution in [-0.2, 0) is 11.3 Å². The summed E-state index contributed by atoms with van der Waals surface area (Å²) >= 11 is 0. The Kier molecular flexibility index (Phi) is 6.00. The first-order valence-corrected chi connectivity index (χ1v) is 11.4. The van der Waals surface area contributed by atoms with Gasteiger partial charge in [-0.25, -0.2) is 9.36 Å². The number of Topliss-reactive ketones (excluding diaryl/α,β-unsaturated/α-hetero) is 1. The number of carbonyl (C=O) groups excluding carboxylic acids is 2. The Balaban J connectivity index is 1.55. The van der Waals surface area contributed by atoms with Gasteiger partial charge in [0.1, 0.15) is 6.61 Å². The van der Waals surface area contributed by atoms with E-state index >= 15 is 0 Å². The van der Waals surface area contributed by atoms with Gasteiger partial charge < -0.3 is 4.74 Å². The Morgan fingerprint density at radius 1 is 0.667 bits per heavy atom. The zero-order valence-corrected chi connectivity index (χ0v) is 19.4. The quantitative estimate of drug-likeness (QED) is 0.262. The summed E-state index contributed by atoms with van der Waals surface area (Å²) < 4.78 is 6.53. The van der Waals surface area contributed by atoms with Crippen molar-refractivity contribution in [1.29, 1.82) is 0 Å². The topological polar surface area (TPSA) is 82.4 Å². The van der Waals surface area contributed by atoms with Crippen molar-refractivity contribution in [3.05, 3.63) is 134 Å². The molecule has 0 spiro atoms. The van der Waals surface area contributed by atoms with Gasteiger partial charge >= 0.3 is 5.97 Å². The number of carbonyl (C=O) groups is 2. The first-order chi connectivity index (χ1) is 17.4. The molecule has 36 heavy (non-hydrogen) atoms. The zero-order chi connectivity index (χ0) is 25.2. The van der Waals surface area contributed by atoms with Gasteiger partial charge in [-0.1, -0.05) is 66.7 Å². The number of nitrogens with zero attached hydrogens (tertiary/aromatic N) is 1. The third kappa shape index (κ3) is 4.20. The molecule has 0 N–H and O–H groups in total. The molecule has 0 bridgehead atoms. The number of esters is 1. The van der Waals surface area contributed by atoms with E-state index < -0.39 is 17.1 Å². The van der Waals surface area contributed by atoms with E-state index in [4.69, 9.17) is 4.74 Å². The van der Waals surface area contributed by atoms with Crippen LogP contribution in [0, 0.1) is 0 Å². The molecule has 0 radical (unpaired) electrons. The van der Waals surface area contributed by atoms with Crippen LogP contribution in [0.1, 0.15) is 33.2 Å². The van der Waals surface area contributed by atoms with Crippen LogP contribution in [-0.4, -0.2) is 16.3 Å². The first-order valence-electron chi connectivity index (χ1n) is 11.4. The monoisotopic (exact) mass is 475 g/mol. The molecule has 4 aromatic carbocycles. The van der Waals surface area contributed by atoms with Gasteiger partial charge in [-0.2, -0.15) is 0 Å². The molecule has 0 amide bonds. The summed E-state index contributed by atoms with van der Waals surface area (Å²) in [6.07, 6.45) is 0. The van der Waals surface area contributed by atoms with Crippen LogP contribution in [0.5, 0.6) is 0 Å². The highest BCUT2D eigenvalue weighted by Crippen LogP contribution is 2.20. The molecule has 0 aliphatic heterocycles. The molecule has 6 nitrogen and oxygen atoms in total. The first kappa shape index (κ1) is 22.9. The molecule has 1 heterocycles. The second-order valence-corrected chi connectivity index (χ2v) is 8.42. The van der Waals surface area contributed by atoms with Crippen molar-refractivity contribution < 1.29 is 14.3 Å². The lowest BCUT2D eigenvalue weighted by molar-refractivity contribution is 0.0472. The largest absolute Gasteiger partial charge is 0.457 e. The van der Waals surface area contributed by atoms with Gasteiger partial charge in [0.15, 0.2) is 5.78 Å². The Labute approximate surface area is 206 Å². The highest BCUT2D eigenvalue weighted by molar-refractivity contribution is 6.05. The van der Waals surface area contributed by atoms with Crippen molar-refractivity contribution >= 4 is 33.3 Å². The fraction of sp³-hybridized carbons (Fsp3) is 0.0667. The molecule has 0 atom stereocenters. The minimum absolute atomic E-state index is 0.0174. The van der Waals surface area contributed by atoms with Crippen LogP contribution < -0.4 is 11.1 Å². The zero-order valence-electron chi connectivity index (χ0n) is 19.4. The van der Waals surface area contributed by atoms with Gasteiger partial charge in [-0.05, 0) is 53.6 Å². The fourth-order valence-electron chi connectivity index (χ4n) is 4.22. The molecule has 5 rings (SSSR count). The van der Waals surface area contributed by atoms with Crippen molar-refractivity contribution in [3.63, 3.8) is 0 Å². The van der Waals surface area contributed by atoms with Crippen molar-refractivity contribution in [2.75, 3.05) is 0 Å². The van der Waals surface area contributed by atoms with Crippen molar-refractivity contribution in [3.8, 4) is 5.69 Å². The van der Waals surface area contributed by atoms with E-state index in [-0.39, 0.29) is 23.6 Å². The molecule has 0 saturated carbocycles. The third-order valence-electron chi connectivity index (χ3n) is 6.08. The summed E-state index contributed by atoms with van der Waals surface area (Å²) in [4.78, 5) is 51.3. The molecule has 0 unspecified atom stereocenters. The van der Waals surface area contributed by atoms with E-state index in [1.807, 2.05) is 24.3 Å². The van der Waals surface area contributed by atoms with Crippen molar-refractivity contribution in [1.82, 2.24) is 4.57 Å². The van der Waals surface area contributed by atoms with E-state index in [2.05, 4.69) is 0 Å². The maximum atomic E-state index is 13.5.